The lowest BCUT2D eigenvalue weighted by Gasteiger charge is -2.09. The van der Waals surface area contributed by atoms with Crippen LogP contribution in [0.1, 0.15) is 31.1 Å². The van der Waals surface area contributed by atoms with Gasteiger partial charge in [0, 0.05) is 22.2 Å². The van der Waals surface area contributed by atoms with Crippen LogP contribution >= 0.6 is 23.1 Å². The van der Waals surface area contributed by atoms with Gasteiger partial charge in [0.25, 0.3) is 5.91 Å². The second kappa shape index (κ2) is 9.87. The monoisotopic (exact) mass is 457 g/mol. The number of nitrogens with one attached hydrogen (secondary N) is 2. The maximum absolute atomic E-state index is 12.5. The standard InChI is InChI=1S/C20H15N3O6S2/c24-16(23-20-21-7-8-30-20)10-31-13-4-2-12(3-5-13)22-17(25)14-6-1-11(18(26)27)9-15(14)19(28)29/h1-9H,10H2,(H,22,25)(H,26,27)(H,28,29)(H,21,23,24). The Morgan fingerprint density at radius 3 is 2.29 bits per heavy atom. The molecule has 0 unspecified atom stereocenters. The number of nitrogens with zero attached hydrogens (tertiary/aromatic N) is 1. The average Bonchev–Trinajstić information content (AvgIpc) is 3.25. The molecule has 0 radical (unpaired) electrons. The number of thiazole rings is 1. The maximum atomic E-state index is 12.5. The Morgan fingerprint density at radius 1 is 0.935 bits per heavy atom. The fraction of sp³-hybridized carbons (Fsp3) is 0.0500. The van der Waals surface area contributed by atoms with Gasteiger partial charge in [0.2, 0.25) is 5.91 Å². The molecule has 4 N–H and O–H groups in total. The molecule has 11 heteroatoms. The molecule has 158 valence electrons. The van der Waals surface area contributed by atoms with Crippen molar-refractivity contribution in [3.8, 4) is 0 Å². The van der Waals surface area contributed by atoms with Gasteiger partial charge in [0.15, 0.2) is 5.13 Å². The Balaban J connectivity index is 1.62. The second-order valence-electron chi connectivity index (χ2n) is 6.02. The Morgan fingerprint density at radius 2 is 1.68 bits per heavy atom. The predicted molar refractivity (Wildman–Crippen MR) is 116 cm³/mol. The highest BCUT2D eigenvalue weighted by molar-refractivity contribution is 8.00. The zero-order valence-electron chi connectivity index (χ0n) is 15.7. The number of hydrogen-bond donors (Lipinski definition) is 4. The van der Waals surface area contributed by atoms with Crippen LogP contribution < -0.4 is 10.6 Å². The molecule has 0 aliphatic heterocycles. The molecule has 2 aromatic carbocycles. The van der Waals surface area contributed by atoms with Gasteiger partial charge in [-0.15, -0.1) is 23.1 Å². The van der Waals surface area contributed by atoms with Gasteiger partial charge in [-0.2, -0.15) is 0 Å². The number of hydrogen-bond acceptors (Lipinski definition) is 7. The molecule has 1 aromatic heterocycles. The molecule has 0 atom stereocenters. The Hall–Kier alpha value is -3.70. The number of aromatic nitrogens is 1. The van der Waals surface area contributed by atoms with Crippen LogP contribution in [0.3, 0.4) is 0 Å². The largest absolute Gasteiger partial charge is 0.478 e. The van der Waals surface area contributed by atoms with Crippen LogP contribution in [0, 0.1) is 0 Å². The highest BCUT2D eigenvalue weighted by atomic mass is 32.2. The summed E-state index contributed by atoms with van der Waals surface area (Å²) in [6.45, 7) is 0. The summed E-state index contributed by atoms with van der Waals surface area (Å²) in [6, 6.07) is 9.92. The maximum Gasteiger partial charge on any atom is 0.336 e. The van der Waals surface area contributed by atoms with Gasteiger partial charge in [-0.3, -0.25) is 9.59 Å². The molecule has 0 saturated carbocycles. The van der Waals surface area contributed by atoms with Crippen molar-refractivity contribution in [3.63, 3.8) is 0 Å². The van der Waals surface area contributed by atoms with E-state index in [-0.39, 0.29) is 22.8 Å². The fourth-order valence-corrected chi connectivity index (χ4v) is 3.72. The minimum Gasteiger partial charge on any atom is -0.478 e. The molecule has 0 saturated heterocycles. The van der Waals surface area contributed by atoms with Crippen molar-refractivity contribution in [1.82, 2.24) is 4.98 Å². The Kier molecular flexibility index (Phi) is 7.00. The number of benzene rings is 2. The highest BCUT2D eigenvalue weighted by Gasteiger charge is 2.19. The molecule has 1 heterocycles. The molecule has 9 nitrogen and oxygen atoms in total. The van der Waals surface area contributed by atoms with Crippen LogP contribution in [0.5, 0.6) is 0 Å². The number of carbonyl (C=O) groups excluding carboxylic acids is 2. The first-order valence-corrected chi connectivity index (χ1v) is 10.5. The van der Waals surface area contributed by atoms with E-state index in [4.69, 9.17) is 5.11 Å². The average molecular weight is 457 g/mol. The number of thioether (sulfide) groups is 1. The van der Waals surface area contributed by atoms with E-state index in [1.165, 1.54) is 29.2 Å². The van der Waals surface area contributed by atoms with E-state index in [0.29, 0.717) is 10.8 Å². The van der Waals surface area contributed by atoms with E-state index in [1.807, 2.05) is 0 Å². The number of anilines is 2. The van der Waals surface area contributed by atoms with Gasteiger partial charge in [0.05, 0.1) is 22.4 Å². The molecule has 0 spiro atoms. The Labute approximate surface area is 184 Å². The van der Waals surface area contributed by atoms with E-state index in [2.05, 4.69) is 15.6 Å². The van der Waals surface area contributed by atoms with Crippen LogP contribution in [0.15, 0.2) is 58.9 Å². The second-order valence-corrected chi connectivity index (χ2v) is 7.97. The third-order valence-electron chi connectivity index (χ3n) is 3.90. The first-order valence-electron chi connectivity index (χ1n) is 8.67. The number of amides is 2. The minimum absolute atomic E-state index is 0.158. The van der Waals surface area contributed by atoms with Gasteiger partial charge in [-0.25, -0.2) is 14.6 Å². The first kappa shape index (κ1) is 22.0. The van der Waals surface area contributed by atoms with Crippen molar-refractivity contribution in [3.05, 3.63) is 70.7 Å². The van der Waals surface area contributed by atoms with Gasteiger partial charge >= 0.3 is 11.9 Å². The lowest BCUT2D eigenvalue weighted by Crippen LogP contribution is -2.17. The predicted octanol–water partition coefficient (Wildman–Crippen LogP) is 3.52. The molecule has 0 aliphatic rings. The van der Waals surface area contributed by atoms with Crippen LogP contribution in [0.2, 0.25) is 0 Å². The van der Waals surface area contributed by atoms with E-state index < -0.39 is 23.4 Å². The van der Waals surface area contributed by atoms with Gasteiger partial charge in [0.1, 0.15) is 0 Å². The van der Waals surface area contributed by atoms with Crippen molar-refractivity contribution in [2.75, 3.05) is 16.4 Å². The molecule has 31 heavy (non-hydrogen) atoms. The lowest BCUT2D eigenvalue weighted by molar-refractivity contribution is -0.113. The topological polar surface area (TPSA) is 146 Å². The third kappa shape index (κ3) is 5.90. The van der Waals surface area contributed by atoms with Gasteiger partial charge in [-0.05, 0) is 42.5 Å². The van der Waals surface area contributed by atoms with E-state index in [9.17, 15) is 24.3 Å². The van der Waals surface area contributed by atoms with Crippen LogP contribution in [-0.2, 0) is 4.79 Å². The molecular weight excluding hydrogens is 442 g/mol. The SMILES string of the molecule is O=C(CSc1ccc(NC(=O)c2ccc(C(=O)O)cc2C(=O)O)cc1)Nc1nccs1. The number of aromatic carboxylic acids is 2. The lowest BCUT2D eigenvalue weighted by atomic mass is 10.0. The van der Waals surface area contributed by atoms with Crippen LogP contribution in [0.25, 0.3) is 0 Å². The summed E-state index contributed by atoms with van der Waals surface area (Å²) in [5, 5.41) is 25.8. The van der Waals surface area contributed by atoms with Crippen molar-refractivity contribution >= 4 is 57.7 Å². The molecular formula is C20H15N3O6S2. The van der Waals surface area contributed by atoms with Crippen molar-refractivity contribution in [2.45, 2.75) is 4.90 Å². The summed E-state index contributed by atoms with van der Waals surface area (Å²) in [5.41, 5.74) is -0.375. The number of rotatable bonds is 8. The molecule has 0 fully saturated rings. The van der Waals surface area contributed by atoms with E-state index in [1.54, 1.807) is 35.8 Å². The zero-order chi connectivity index (χ0) is 22.4. The quantitative estimate of drug-likeness (QED) is 0.376. The Bertz CT molecular complexity index is 1130. The smallest absolute Gasteiger partial charge is 0.336 e. The third-order valence-corrected chi connectivity index (χ3v) is 5.60. The zero-order valence-corrected chi connectivity index (χ0v) is 17.3. The summed E-state index contributed by atoms with van der Waals surface area (Å²) in [7, 11) is 0. The molecule has 3 rings (SSSR count). The number of carboxylic acid groups (broad SMARTS) is 2. The van der Waals surface area contributed by atoms with Gasteiger partial charge in [-0.1, -0.05) is 0 Å². The summed E-state index contributed by atoms with van der Waals surface area (Å²) in [6.07, 6.45) is 1.60. The summed E-state index contributed by atoms with van der Waals surface area (Å²) in [4.78, 5) is 51.6. The van der Waals surface area contributed by atoms with Crippen molar-refractivity contribution in [2.24, 2.45) is 0 Å². The van der Waals surface area contributed by atoms with E-state index in [0.717, 1.165) is 17.0 Å². The van der Waals surface area contributed by atoms with Crippen LogP contribution in [-0.4, -0.2) is 44.7 Å². The minimum atomic E-state index is -1.41. The van der Waals surface area contributed by atoms with Crippen molar-refractivity contribution < 1.29 is 29.4 Å². The highest BCUT2D eigenvalue weighted by Crippen LogP contribution is 2.22. The molecule has 0 bridgehead atoms. The molecule has 2 amide bonds. The summed E-state index contributed by atoms with van der Waals surface area (Å²) < 4.78 is 0. The first-order chi connectivity index (χ1) is 14.8. The van der Waals surface area contributed by atoms with Crippen molar-refractivity contribution in [1.29, 1.82) is 0 Å². The molecule has 3 aromatic rings. The normalized spacial score (nSPS) is 10.3. The molecule has 0 aliphatic carbocycles. The summed E-state index contributed by atoms with van der Waals surface area (Å²) in [5.74, 6) is -3.39. The number of carbonyl (C=O) groups is 4. The van der Waals surface area contributed by atoms with Crippen LogP contribution in [0.4, 0.5) is 10.8 Å². The summed E-state index contributed by atoms with van der Waals surface area (Å²) >= 11 is 2.63. The van der Waals surface area contributed by atoms with E-state index >= 15 is 0 Å². The number of carboxylic acids is 2. The van der Waals surface area contributed by atoms with Gasteiger partial charge < -0.3 is 20.8 Å². The fourth-order valence-electron chi connectivity index (χ4n) is 2.47.